The van der Waals surface area contributed by atoms with Gasteiger partial charge in [0.1, 0.15) is 5.01 Å². The van der Waals surface area contributed by atoms with E-state index in [0.717, 1.165) is 36.6 Å². The molecule has 0 aromatic carbocycles. The normalized spacial score (nSPS) is 18.0. The van der Waals surface area contributed by atoms with Gasteiger partial charge in [0.15, 0.2) is 0 Å². The van der Waals surface area contributed by atoms with Crippen LogP contribution in [-0.4, -0.2) is 60.5 Å². The molecule has 1 N–H and O–H groups in total. The molecule has 118 valence electrons. The molecule has 21 heavy (non-hydrogen) atoms. The van der Waals surface area contributed by atoms with E-state index < -0.39 is 0 Å². The van der Waals surface area contributed by atoms with Gasteiger partial charge >= 0.3 is 0 Å². The minimum atomic E-state index is 0.0395. The molecule has 1 saturated heterocycles. The number of hydrogen-bond donors (Lipinski definition) is 1. The van der Waals surface area contributed by atoms with Crippen molar-refractivity contribution >= 4 is 17.2 Å². The molecule has 1 aromatic rings. The summed E-state index contributed by atoms with van der Waals surface area (Å²) in [5.41, 5.74) is 1.02. The van der Waals surface area contributed by atoms with Crippen molar-refractivity contribution in [2.24, 2.45) is 0 Å². The van der Waals surface area contributed by atoms with Crippen molar-refractivity contribution in [1.82, 2.24) is 20.1 Å². The fourth-order valence-corrected chi connectivity index (χ4v) is 3.54. The average molecular weight is 310 g/mol. The maximum absolute atomic E-state index is 12.5. The number of hydrogen-bond acceptors (Lipinski definition) is 5. The number of carbonyl (C=O) groups excluding carboxylic acids is 1. The van der Waals surface area contributed by atoms with Gasteiger partial charge in [0.05, 0.1) is 12.6 Å². The number of amides is 1. The number of rotatable bonds is 5. The fourth-order valence-electron chi connectivity index (χ4n) is 2.65. The topological polar surface area (TPSA) is 48.5 Å². The molecule has 1 amide bonds. The lowest BCUT2D eigenvalue weighted by Gasteiger charge is -2.33. The molecule has 2 rings (SSSR count). The summed E-state index contributed by atoms with van der Waals surface area (Å²) in [6, 6.07) is 0.554. The first-order valence-electron chi connectivity index (χ1n) is 7.57. The number of nitrogens with one attached hydrogen (secondary N) is 1. The largest absolute Gasteiger partial charge is 0.335 e. The average Bonchev–Trinajstić information content (AvgIpc) is 2.93. The summed E-state index contributed by atoms with van der Waals surface area (Å²) in [6.45, 7) is 6.61. The molecule has 6 heteroatoms. The number of likely N-dealkylation sites (N-methyl/N-ethyl adjacent to an activating group) is 2. The van der Waals surface area contributed by atoms with Gasteiger partial charge in [0, 0.05) is 24.2 Å². The molecule has 1 atom stereocenters. The summed E-state index contributed by atoms with van der Waals surface area (Å²) < 4.78 is 0. The molecule has 0 unspecified atom stereocenters. The zero-order chi connectivity index (χ0) is 15.4. The molecule has 0 aliphatic carbocycles. The van der Waals surface area contributed by atoms with E-state index in [9.17, 15) is 4.79 Å². The van der Waals surface area contributed by atoms with E-state index in [0.29, 0.717) is 12.6 Å². The van der Waals surface area contributed by atoms with Crippen LogP contribution in [0.25, 0.3) is 0 Å². The number of carbonyl (C=O) groups is 1. The summed E-state index contributed by atoms with van der Waals surface area (Å²) >= 11 is 1.62. The molecule has 2 heterocycles. The molecular formula is C15H26N4OS. The molecule has 0 bridgehead atoms. The van der Waals surface area contributed by atoms with Gasteiger partial charge in [-0.25, -0.2) is 4.98 Å². The lowest BCUT2D eigenvalue weighted by atomic mass is 10.1. The predicted octanol–water partition coefficient (Wildman–Crippen LogP) is 1.65. The molecule has 0 spiro atoms. The first-order valence-corrected chi connectivity index (χ1v) is 8.45. The number of piperidine rings is 1. The molecule has 1 aliphatic heterocycles. The molecule has 0 radical (unpaired) electrons. The summed E-state index contributed by atoms with van der Waals surface area (Å²) in [5.74, 6) is 0.163. The number of thiazole rings is 1. The maximum Gasteiger partial charge on any atom is 0.237 e. The van der Waals surface area contributed by atoms with E-state index >= 15 is 0 Å². The second-order valence-corrected chi connectivity index (χ2v) is 6.79. The Hall–Kier alpha value is -0.980. The lowest BCUT2D eigenvalue weighted by Crippen LogP contribution is -2.46. The minimum Gasteiger partial charge on any atom is -0.335 e. The number of aryl methyl sites for hydroxylation is 1. The number of aromatic nitrogens is 1. The van der Waals surface area contributed by atoms with Crippen molar-refractivity contribution in [2.45, 2.75) is 38.8 Å². The first-order chi connectivity index (χ1) is 9.99. The second kappa shape index (κ2) is 7.33. The maximum atomic E-state index is 12.5. The number of nitrogens with zero attached hydrogens (tertiary/aromatic N) is 3. The van der Waals surface area contributed by atoms with Crippen LogP contribution in [0.1, 0.15) is 36.5 Å². The summed E-state index contributed by atoms with van der Waals surface area (Å²) in [4.78, 5) is 21.0. The Labute approximate surface area is 131 Å². The molecule has 5 nitrogen and oxygen atoms in total. The highest BCUT2D eigenvalue weighted by molar-refractivity contribution is 7.09. The van der Waals surface area contributed by atoms with E-state index in [2.05, 4.69) is 22.2 Å². The third-order valence-electron chi connectivity index (χ3n) is 4.29. The van der Waals surface area contributed by atoms with Crippen molar-refractivity contribution in [2.75, 3.05) is 33.7 Å². The van der Waals surface area contributed by atoms with Crippen molar-refractivity contribution < 1.29 is 4.79 Å². The summed E-state index contributed by atoms with van der Waals surface area (Å²) in [5, 5.41) is 6.40. The molecular weight excluding hydrogens is 284 g/mol. The van der Waals surface area contributed by atoms with Crippen LogP contribution in [0.5, 0.6) is 0 Å². The van der Waals surface area contributed by atoms with E-state index in [4.69, 9.17) is 0 Å². The van der Waals surface area contributed by atoms with Gasteiger partial charge in [-0.3, -0.25) is 9.69 Å². The van der Waals surface area contributed by atoms with E-state index in [-0.39, 0.29) is 11.9 Å². The van der Waals surface area contributed by atoms with E-state index in [1.165, 1.54) is 0 Å². The van der Waals surface area contributed by atoms with Crippen LogP contribution in [-0.2, 0) is 4.79 Å². The van der Waals surface area contributed by atoms with Gasteiger partial charge < -0.3 is 10.2 Å². The lowest BCUT2D eigenvalue weighted by molar-refractivity contribution is -0.133. The highest BCUT2D eigenvalue weighted by Gasteiger charge is 2.24. The van der Waals surface area contributed by atoms with Gasteiger partial charge in [-0.1, -0.05) is 0 Å². The third kappa shape index (κ3) is 4.25. The summed E-state index contributed by atoms with van der Waals surface area (Å²) in [6.07, 6.45) is 2.24. The Morgan fingerprint density at radius 1 is 1.48 bits per heavy atom. The zero-order valence-corrected chi connectivity index (χ0v) is 14.2. The first kappa shape index (κ1) is 16.4. The van der Waals surface area contributed by atoms with E-state index in [1.54, 1.807) is 11.3 Å². The van der Waals surface area contributed by atoms with Crippen LogP contribution in [0.4, 0.5) is 0 Å². The van der Waals surface area contributed by atoms with Crippen LogP contribution in [0.2, 0.25) is 0 Å². The van der Waals surface area contributed by atoms with Gasteiger partial charge in [0.2, 0.25) is 5.91 Å². The smallest absolute Gasteiger partial charge is 0.237 e. The van der Waals surface area contributed by atoms with Crippen LogP contribution in [0.3, 0.4) is 0 Å². The highest BCUT2D eigenvalue weighted by atomic mass is 32.1. The van der Waals surface area contributed by atoms with Crippen LogP contribution in [0.15, 0.2) is 5.38 Å². The monoisotopic (exact) mass is 310 g/mol. The van der Waals surface area contributed by atoms with Crippen LogP contribution in [0, 0.1) is 6.92 Å². The van der Waals surface area contributed by atoms with Gasteiger partial charge in [-0.2, -0.15) is 0 Å². The summed E-state index contributed by atoms with van der Waals surface area (Å²) in [7, 11) is 3.93. The minimum absolute atomic E-state index is 0.0395. The predicted molar refractivity (Wildman–Crippen MR) is 86.6 cm³/mol. The zero-order valence-electron chi connectivity index (χ0n) is 13.4. The molecule has 1 aliphatic rings. The Morgan fingerprint density at radius 2 is 2.14 bits per heavy atom. The van der Waals surface area contributed by atoms with Crippen molar-refractivity contribution in [3.63, 3.8) is 0 Å². The fraction of sp³-hybridized carbons (Fsp3) is 0.733. The Bertz CT molecular complexity index is 470. The van der Waals surface area contributed by atoms with E-state index in [1.807, 2.05) is 31.2 Å². The second-order valence-electron chi connectivity index (χ2n) is 5.90. The SMILES string of the molecule is Cc1csc([C@H](C)N(C)C(=O)CN(C)C2CCNCC2)n1. The Kier molecular flexibility index (Phi) is 5.72. The van der Waals surface area contributed by atoms with Crippen molar-refractivity contribution in [3.05, 3.63) is 16.1 Å². The Balaban J connectivity index is 1.89. The Morgan fingerprint density at radius 3 is 2.71 bits per heavy atom. The van der Waals surface area contributed by atoms with Gasteiger partial charge in [-0.05, 0) is 46.8 Å². The van der Waals surface area contributed by atoms with Gasteiger partial charge in [-0.15, -0.1) is 11.3 Å². The van der Waals surface area contributed by atoms with Gasteiger partial charge in [0.25, 0.3) is 0 Å². The quantitative estimate of drug-likeness (QED) is 0.898. The van der Waals surface area contributed by atoms with Crippen molar-refractivity contribution in [3.8, 4) is 0 Å². The van der Waals surface area contributed by atoms with Crippen LogP contribution < -0.4 is 5.32 Å². The van der Waals surface area contributed by atoms with Crippen LogP contribution >= 0.6 is 11.3 Å². The molecule has 1 aromatic heterocycles. The molecule has 1 fully saturated rings. The third-order valence-corrected chi connectivity index (χ3v) is 5.42. The molecule has 0 saturated carbocycles. The highest BCUT2D eigenvalue weighted by Crippen LogP contribution is 2.22. The van der Waals surface area contributed by atoms with Crippen molar-refractivity contribution in [1.29, 1.82) is 0 Å². The standard InChI is InChI=1S/C15H26N4OS/c1-11-10-21-15(17-11)12(2)19(4)14(20)9-18(3)13-5-7-16-8-6-13/h10,12-13,16H,5-9H2,1-4H3/t12-/m0/s1.